The highest BCUT2D eigenvalue weighted by Gasteiger charge is 2.64. The molecular weight excluding hydrogens is 827 g/mol. The summed E-state index contributed by atoms with van der Waals surface area (Å²) in [6.45, 7) is 15.4. The van der Waals surface area contributed by atoms with Gasteiger partial charge in [0.15, 0.2) is 11.5 Å². The van der Waals surface area contributed by atoms with Crippen LogP contribution in [0.3, 0.4) is 0 Å². The molecule has 16 nitrogen and oxygen atoms in total. The van der Waals surface area contributed by atoms with Crippen molar-refractivity contribution in [3.63, 3.8) is 0 Å². The minimum Gasteiger partial charge on any atom is -0.490 e. The summed E-state index contributed by atoms with van der Waals surface area (Å²) < 4.78 is 12.9. The maximum Gasteiger partial charge on any atom is 0.272 e. The van der Waals surface area contributed by atoms with E-state index in [0.717, 1.165) is 61.4 Å². The van der Waals surface area contributed by atoms with Gasteiger partial charge in [-0.2, -0.15) is 5.26 Å². The SMILES string of the molecule is CC(C)N(CC1CCN(c2ccc(C(=O)NC3C(C)(C)C(Oc4ccc(C#N)c5ncccc45)C3(C)C)nn2)CC1)[C@H]1C[C@H](Oc2ccc3c(c2)C(=O)N(C2CCC(=O)NC2=O)C3=O)C1. The molecule has 5 heterocycles. The predicted octanol–water partition coefficient (Wildman–Crippen LogP) is 5.45. The number of anilines is 1. The third-order valence-corrected chi connectivity index (χ3v) is 14.4. The van der Waals surface area contributed by atoms with Gasteiger partial charge in [0.25, 0.3) is 17.7 Å². The second-order valence-electron chi connectivity index (χ2n) is 19.7. The molecule has 4 aromatic rings. The van der Waals surface area contributed by atoms with Crippen molar-refractivity contribution in [1.29, 1.82) is 5.26 Å². The molecule has 4 fully saturated rings. The van der Waals surface area contributed by atoms with Gasteiger partial charge in [0, 0.05) is 79.4 Å². The van der Waals surface area contributed by atoms with Gasteiger partial charge in [0.1, 0.15) is 35.8 Å². The number of hydrogen-bond acceptors (Lipinski definition) is 13. The van der Waals surface area contributed by atoms with E-state index in [4.69, 9.17) is 9.47 Å². The van der Waals surface area contributed by atoms with Gasteiger partial charge in [-0.15, -0.1) is 10.2 Å². The molecule has 0 bridgehead atoms. The van der Waals surface area contributed by atoms with Crippen LogP contribution in [0.25, 0.3) is 10.9 Å². The Morgan fingerprint density at radius 2 is 1.68 bits per heavy atom. The third kappa shape index (κ3) is 7.93. The van der Waals surface area contributed by atoms with E-state index in [9.17, 15) is 29.2 Å². The summed E-state index contributed by atoms with van der Waals surface area (Å²) in [6.07, 6.45) is 5.28. The number of carbonyl (C=O) groups excluding carboxylic acids is 5. The normalized spacial score (nSPS) is 24.9. The Labute approximate surface area is 378 Å². The minimum absolute atomic E-state index is 0.0278. The lowest BCUT2D eigenvalue weighted by Gasteiger charge is -2.63. The number of hydrogen-bond donors (Lipinski definition) is 2. The molecule has 2 saturated heterocycles. The zero-order valence-electron chi connectivity index (χ0n) is 37.7. The fourth-order valence-corrected chi connectivity index (χ4v) is 11.1. The first-order valence-corrected chi connectivity index (χ1v) is 22.7. The summed E-state index contributed by atoms with van der Waals surface area (Å²) in [5.74, 6) is 0.0214. The molecule has 1 atom stereocenters. The molecule has 0 spiro atoms. The topological polar surface area (TPSA) is 200 Å². The van der Waals surface area contributed by atoms with Crippen LogP contribution in [0.2, 0.25) is 0 Å². The first kappa shape index (κ1) is 43.8. The number of nitrogens with zero attached hydrogens (tertiary/aromatic N) is 7. The number of nitriles is 1. The maximum absolute atomic E-state index is 13.6. The van der Waals surface area contributed by atoms with E-state index in [1.54, 1.807) is 36.5 Å². The largest absolute Gasteiger partial charge is 0.490 e. The van der Waals surface area contributed by atoms with Crippen LogP contribution >= 0.6 is 0 Å². The highest BCUT2D eigenvalue weighted by atomic mass is 16.5. The van der Waals surface area contributed by atoms with E-state index >= 15 is 0 Å². The van der Waals surface area contributed by atoms with Crippen molar-refractivity contribution in [2.24, 2.45) is 16.7 Å². The molecule has 5 amide bonds. The zero-order valence-corrected chi connectivity index (χ0v) is 37.7. The Bertz CT molecular complexity index is 2590. The molecule has 1 unspecified atom stereocenters. The van der Waals surface area contributed by atoms with Crippen molar-refractivity contribution in [2.45, 2.75) is 116 Å². The average molecular weight is 882 g/mol. The van der Waals surface area contributed by atoms with Gasteiger partial charge in [-0.25, -0.2) is 0 Å². The zero-order chi connectivity index (χ0) is 45.9. The molecule has 2 aromatic heterocycles. The quantitative estimate of drug-likeness (QED) is 0.171. The summed E-state index contributed by atoms with van der Waals surface area (Å²) in [7, 11) is 0. The Balaban J connectivity index is 0.743. The molecule has 9 rings (SSSR count). The Kier molecular flexibility index (Phi) is 11.3. The number of rotatable bonds is 12. The van der Waals surface area contributed by atoms with E-state index < -0.39 is 40.5 Å². The van der Waals surface area contributed by atoms with Gasteiger partial charge >= 0.3 is 0 Å². The molecule has 5 aliphatic rings. The molecule has 2 aromatic carbocycles. The second-order valence-corrected chi connectivity index (χ2v) is 19.7. The van der Waals surface area contributed by atoms with Crippen LogP contribution in [0.1, 0.15) is 117 Å². The van der Waals surface area contributed by atoms with Crippen molar-refractivity contribution in [1.82, 2.24) is 35.6 Å². The third-order valence-electron chi connectivity index (χ3n) is 14.4. The number of ether oxygens (including phenoxy) is 2. The molecule has 0 radical (unpaired) electrons. The van der Waals surface area contributed by atoms with E-state index in [2.05, 4.69) is 83.2 Å². The van der Waals surface area contributed by atoms with Gasteiger partial charge < -0.3 is 19.7 Å². The second kappa shape index (κ2) is 16.8. The molecule has 16 heteroatoms. The fraction of sp³-hybridized carbons (Fsp3) is 0.490. The van der Waals surface area contributed by atoms with Crippen LogP contribution < -0.4 is 25.0 Å². The summed E-state index contributed by atoms with van der Waals surface area (Å²) >= 11 is 0. The number of carbonyl (C=O) groups is 5. The maximum atomic E-state index is 13.6. The lowest BCUT2D eigenvalue weighted by molar-refractivity contribution is -0.163. The van der Waals surface area contributed by atoms with Gasteiger partial charge in [0.05, 0.1) is 22.2 Å². The van der Waals surface area contributed by atoms with Gasteiger partial charge in [-0.05, 0) is 93.6 Å². The van der Waals surface area contributed by atoms with Crippen molar-refractivity contribution < 1.29 is 33.4 Å². The highest BCUT2D eigenvalue weighted by Crippen LogP contribution is 2.56. The molecule has 3 aliphatic heterocycles. The Morgan fingerprint density at radius 1 is 0.938 bits per heavy atom. The van der Waals surface area contributed by atoms with Crippen LogP contribution in [-0.4, -0.2) is 111 Å². The van der Waals surface area contributed by atoms with Crippen molar-refractivity contribution in [2.75, 3.05) is 24.5 Å². The first-order chi connectivity index (χ1) is 31.0. The number of imide groups is 2. The summed E-state index contributed by atoms with van der Waals surface area (Å²) in [5, 5.41) is 24.7. The molecule has 65 heavy (non-hydrogen) atoms. The molecule has 338 valence electrons. The smallest absolute Gasteiger partial charge is 0.272 e. The highest BCUT2D eigenvalue weighted by molar-refractivity contribution is 6.23. The number of fused-ring (bicyclic) bond motifs is 2. The van der Waals surface area contributed by atoms with E-state index in [1.807, 2.05) is 24.3 Å². The van der Waals surface area contributed by atoms with Crippen molar-refractivity contribution in [3.8, 4) is 17.6 Å². The van der Waals surface area contributed by atoms with Crippen LogP contribution in [0, 0.1) is 28.1 Å². The van der Waals surface area contributed by atoms with Crippen molar-refractivity contribution >= 4 is 46.3 Å². The number of pyridine rings is 1. The standard InChI is InChI=1S/C49H55N9O7/c1-27(2)57(30-22-32(23-30)64-31-10-11-33-35(24-31)45(63)58(44(33)62)37-13-16-40(59)52-43(37)61)26-28-17-20-56(21-18-28)39-15-12-36(54-55-39)42(60)53-46-48(3,4)47(49(46,5)6)65-38-14-9-29(25-50)41-34(38)8-7-19-51-41/h7-12,14-15,19,24,27-28,30,32,37,46-47H,13,16-18,20-23,26H2,1-6H3,(H,53,60)(H,52,59,61)/t30-,32-,37?,46?,47?. The number of benzene rings is 2. The fourth-order valence-electron chi connectivity index (χ4n) is 11.1. The minimum atomic E-state index is -1.01. The average Bonchev–Trinajstić information content (AvgIpc) is 3.52. The monoisotopic (exact) mass is 881 g/mol. The number of piperidine rings is 2. The Hall–Kier alpha value is -6.47. The molecule has 2 N–H and O–H groups in total. The lowest BCUT2D eigenvalue weighted by atomic mass is 9.49. The van der Waals surface area contributed by atoms with E-state index in [0.29, 0.717) is 40.6 Å². The van der Waals surface area contributed by atoms with Crippen LogP contribution in [0.5, 0.6) is 11.5 Å². The molecule has 2 aliphatic carbocycles. The summed E-state index contributed by atoms with van der Waals surface area (Å²) in [5.41, 5.74) is 0.962. The van der Waals surface area contributed by atoms with Crippen LogP contribution in [0.4, 0.5) is 5.82 Å². The molecule has 2 saturated carbocycles. The Morgan fingerprint density at radius 3 is 2.35 bits per heavy atom. The van der Waals surface area contributed by atoms with Crippen LogP contribution in [-0.2, 0) is 9.59 Å². The van der Waals surface area contributed by atoms with Gasteiger partial charge in [0.2, 0.25) is 11.8 Å². The first-order valence-electron chi connectivity index (χ1n) is 22.7. The molecular formula is C49H55N9O7. The van der Waals surface area contributed by atoms with Crippen LogP contribution in [0.15, 0.2) is 60.8 Å². The number of nitrogens with one attached hydrogen (secondary N) is 2. The predicted molar refractivity (Wildman–Crippen MR) is 239 cm³/mol. The van der Waals surface area contributed by atoms with E-state index in [-0.39, 0.29) is 53.8 Å². The summed E-state index contributed by atoms with van der Waals surface area (Å²) in [4.78, 5) is 74.3. The van der Waals surface area contributed by atoms with Crippen molar-refractivity contribution in [3.05, 3.63) is 83.2 Å². The summed E-state index contributed by atoms with van der Waals surface area (Å²) in [6, 6.07) is 17.5. The number of amides is 5. The van der Waals surface area contributed by atoms with E-state index in [1.165, 1.54) is 0 Å². The lowest BCUT2D eigenvalue weighted by Crippen LogP contribution is -2.74. The number of aromatic nitrogens is 3. The van der Waals surface area contributed by atoms with Gasteiger partial charge in [-0.1, -0.05) is 27.7 Å². The van der Waals surface area contributed by atoms with Gasteiger partial charge in [-0.3, -0.25) is 44.1 Å².